The van der Waals surface area contributed by atoms with Gasteiger partial charge in [0.05, 0.1) is 17.1 Å². The number of aromatic nitrogens is 1. The lowest BCUT2D eigenvalue weighted by Gasteiger charge is -2.29. The number of rotatable bonds is 2. The molecule has 1 aliphatic heterocycles. The highest BCUT2D eigenvalue weighted by atomic mass is 32.2. The first kappa shape index (κ1) is 14.1. The predicted octanol–water partition coefficient (Wildman–Crippen LogP) is -0.100. The van der Waals surface area contributed by atoms with E-state index >= 15 is 0 Å². The Bertz CT molecular complexity index is 686. The number of anilines is 1. The minimum Gasteiger partial charge on any atom is -0.409 e. The molecule has 21 heavy (non-hydrogen) atoms. The number of nitrogens with zero attached hydrogens (tertiary/aromatic N) is 3. The SMILES string of the molecule is NC(=NO)c1cc2c(nc1N1CCS(=O)(=O)CC1)CCC2. The predicted molar refractivity (Wildman–Crippen MR) is 79.6 cm³/mol. The van der Waals surface area contributed by atoms with E-state index < -0.39 is 9.84 Å². The van der Waals surface area contributed by atoms with Crippen LogP contribution in [0.4, 0.5) is 5.82 Å². The van der Waals surface area contributed by atoms with Gasteiger partial charge in [-0.1, -0.05) is 5.16 Å². The Labute approximate surface area is 123 Å². The summed E-state index contributed by atoms with van der Waals surface area (Å²) in [5.41, 5.74) is 8.51. The van der Waals surface area contributed by atoms with Crippen LogP contribution in [0, 0.1) is 0 Å². The minimum atomic E-state index is -2.95. The fourth-order valence-electron chi connectivity index (χ4n) is 2.87. The number of pyridine rings is 1. The fourth-order valence-corrected chi connectivity index (χ4v) is 4.07. The summed E-state index contributed by atoms with van der Waals surface area (Å²) < 4.78 is 23.1. The molecule has 1 aromatic heterocycles. The molecule has 0 saturated carbocycles. The van der Waals surface area contributed by atoms with Crippen molar-refractivity contribution in [3.05, 3.63) is 22.9 Å². The molecular weight excluding hydrogens is 292 g/mol. The van der Waals surface area contributed by atoms with Crippen molar-refractivity contribution in [3.63, 3.8) is 0 Å². The number of nitrogens with two attached hydrogens (primary N) is 1. The second-order valence-electron chi connectivity index (χ2n) is 5.44. The summed E-state index contributed by atoms with van der Waals surface area (Å²) >= 11 is 0. The standard InChI is InChI=1S/C13H18N4O3S/c14-12(16-18)10-8-9-2-1-3-11(9)15-13(10)17-4-6-21(19,20)7-5-17/h8,18H,1-7H2,(H2,14,16). The van der Waals surface area contributed by atoms with Crippen LogP contribution in [0.1, 0.15) is 23.2 Å². The van der Waals surface area contributed by atoms with Crippen molar-refractivity contribution in [2.24, 2.45) is 10.9 Å². The average molecular weight is 310 g/mol. The van der Waals surface area contributed by atoms with Gasteiger partial charge in [0.2, 0.25) is 0 Å². The number of fused-ring (bicyclic) bond motifs is 1. The van der Waals surface area contributed by atoms with Gasteiger partial charge in [-0.25, -0.2) is 13.4 Å². The molecule has 0 radical (unpaired) electrons. The topological polar surface area (TPSA) is 109 Å². The molecule has 0 spiro atoms. The summed E-state index contributed by atoms with van der Waals surface area (Å²) in [7, 11) is -2.95. The Morgan fingerprint density at radius 1 is 1.33 bits per heavy atom. The van der Waals surface area contributed by atoms with E-state index in [-0.39, 0.29) is 17.3 Å². The zero-order valence-corrected chi connectivity index (χ0v) is 12.4. The third-order valence-electron chi connectivity index (χ3n) is 4.06. The van der Waals surface area contributed by atoms with Gasteiger partial charge in [-0.05, 0) is 30.9 Å². The first-order valence-electron chi connectivity index (χ1n) is 6.96. The van der Waals surface area contributed by atoms with Crippen molar-refractivity contribution in [1.29, 1.82) is 0 Å². The summed E-state index contributed by atoms with van der Waals surface area (Å²) in [6.45, 7) is 0.777. The van der Waals surface area contributed by atoms with Crippen LogP contribution in [0.3, 0.4) is 0 Å². The smallest absolute Gasteiger partial charge is 0.173 e. The molecule has 0 atom stereocenters. The monoisotopic (exact) mass is 310 g/mol. The highest BCUT2D eigenvalue weighted by Crippen LogP contribution is 2.28. The number of sulfone groups is 1. The van der Waals surface area contributed by atoms with Crippen LogP contribution in [0.2, 0.25) is 0 Å². The Morgan fingerprint density at radius 3 is 2.71 bits per heavy atom. The lowest BCUT2D eigenvalue weighted by molar-refractivity contribution is 0.318. The van der Waals surface area contributed by atoms with E-state index in [1.807, 2.05) is 11.0 Å². The van der Waals surface area contributed by atoms with Crippen LogP contribution in [-0.4, -0.2) is 49.0 Å². The molecule has 1 fully saturated rings. The second-order valence-corrected chi connectivity index (χ2v) is 7.75. The van der Waals surface area contributed by atoms with Gasteiger partial charge >= 0.3 is 0 Å². The zero-order valence-electron chi connectivity index (χ0n) is 11.6. The molecular formula is C13H18N4O3S. The quantitative estimate of drug-likeness (QED) is 0.342. The van der Waals surface area contributed by atoms with Crippen LogP contribution in [-0.2, 0) is 22.7 Å². The van der Waals surface area contributed by atoms with E-state index in [0.29, 0.717) is 24.5 Å². The molecule has 3 N–H and O–H groups in total. The Kier molecular flexibility index (Phi) is 3.48. The summed E-state index contributed by atoms with van der Waals surface area (Å²) in [4.78, 5) is 6.56. The van der Waals surface area contributed by atoms with Crippen molar-refractivity contribution < 1.29 is 13.6 Å². The third-order valence-corrected chi connectivity index (χ3v) is 5.67. The lowest BCUT2D eigenvalue weighted by Crippen LogP contribution is -2.41. The maximum atomic E-state index is 11.6. The first-order valence-corrected chi connectivity index (χ1v) is 8.78. The summed E-state index contributed by atoms with van der Waals surface area (Å²) in [5.74, 6) is 0.865. The second kappa shape index (κ2) is 5.18. The summed E-state index contributed by atoms with van der Waals surface area (Å²) in [6.07, 6.45) is 2.92. The first-order chi connectivity index (χ1) is 10.00. The molecule has 2 aliphatic rings. The van der Waals surface area contributed by atoms with Crippen LogP contribution >= 0.6 is 0 Å². The van der Waals surface area contributed by atoms with Crippen LogP contribution in [0.25, 0.3) is 0 Å². The van der Waals surface area contributed by atoms with Crippen LogP contribution in [0.15, 0.2) is 11.2 Å². The van der Waals surface area contributed by atoms with Gasteiger partial charge in [0.1, 0.15) is 5.82 Å². The molecule has 0 bridgehead atoms. The molecule has 1 saturated heterocycles. The van der Waals surface area contributed by atoms with Gasteiger partial charge in [-0.3, -0.25) is 0 Å². The van der Waals surface area contributed by atoms with Gasteiger partial charge in [-0.2, -0.15) is 0 Å². The Hall–Kier alpha value is -1.83. The van der Waals surface area contributed by atoms with E-state index in [2.05, 4.69) is 10.1 Å². The normalized spacial score (nSPS) is 21.3. The van der Waals surface area contributed by atoms with Gasteiger partial charge < -0.3 is 15.8 Å². The van der Waals surface area contributed by atoms with E-state index in [1.54, 1.807) is 0 Å². The van der Waals surface area contributed by atoms with Crippen molar-refractivity contribution in [3.8, 4) is 0 Å². The van der Waals surface area contributed by atoms with E-state index in [0.717, 1.165) is 30.5 Å². The van der Waals surface area contributed by atoms with Crippen molar-refractivity contribution in [2.75, 3.05) is 29.5 Å². The third kappa shape index (κ3) is 2.67. The van der Waals surface area contributed by atoms with E-state index in [1.165, 1.54) is 0 Å². The van der Waals surface area contributed by atoms with Crippen molar-refractivity contribution in [2.45, 2.75) is 19.3 Å². The molecule has 1 aromatic rings. The Balaban J connectivity index is 2.01. The van der Waals surface area contributed by atoms with Crippen LogP contribution < -0.4 is 10.6 Å². The van der Waals surface area contributed by atoms with E-state index in [4.69, 9.17) is 10.9 Å². The van der Waals surface area contributed by atoms with Crippen LogP contribution in [0.5, 0.6) is 0 Å². The van der Waals surface area contributed by atoms with Gasteiger partial charge in [-0.15, -0.1) is 0 Å². The number of oxime groups is 1. The number of hydrogen-bond acceptors (Lipinski definition) is 6. The number of amidine groups is 1. The van der Waals surface area contributed by atoms with E-state index in [9.17, 15) is 8.42 Å². The van der Waals surface area contributed by atoms with Gasteiger partial charge in [0.25, 0.3) is 0 Å². The van der Waals surface area contributed by atoms with Gasteiger partial charge in [0, 0.05) is 18.8 Å². The Morgan fingerprint density at radius 2 is 2.05 bits per heavy atom. The highest BCUT2D eigenvalue weighted by molar-refractivity contribution is 7.91. The molecule has 7 nitrogen and oxygen atoms in total. The zero-order chi connectivity index (χ0) is 15.0. The molecule has 114 valence electrons. The van der Waals surface area contributed by atoms with Crippen molar-refractivity contribution >= 4 is 21.5 Å². The van der Waals surface area contributed by atoms with Gasteiger partial charge in [0.15, 0.2) is 15.7 Å². The largest absolute Gasteiger partial charge is 0.409 e. The molecule has 3 rings (SSSR count). The maximum absolute atomic E-state index is 11.6. The molecule has 0 unspecified atom stereocenters. The number of aryl methyl sites for hydroxylation is 2. The summed E-state index contributed by atoms with van der Waals surface area (Å²) in [5, 5.41) is 12.0. The maximum Gasteiger partial charge on any atom is 0.173 e. The molecule has 0 aromatic carbocycles. The lowest BCUT2D eigenvalue weighted by atomic mass is 10.1. The molecule has 2 heterocycles. The molecule has 1 aliphatic carbocycles. The fraction of sp³-hybridized carbons (Fsp3) is 0.538. The number of hydrogen-bond donors (Lipinski definition) is 2. The molecule has 8 heteroatoms. The summed E-state index contributed by atoms with van der Waals surface area (Å²) in [6, 6.07) is 1.92. The molecule has 0 amide bonds. The van der Waals surface area contributed by atoms with Crippen molar-refractivity contribution in [1.82, 2.24) is 4.98 Å². The average Bonchev–Trinajstić information content (AvgIpc) is 2.92. The highest BCUT2D eigenvalue weighted by Gasteiger charge is 2.27. The minimum absolute atomic E-state index is 0.0145.